The summed E-state index contributed by atoms with van der Waals surface area (Å²) in [5.74, 6) is 1.10. The van der Waals surface area contributed by atoms with Gasteiger partial charge in [0.2, 0.25) is 11.6 Å². The zero-order chi connectivity index (χ0) is 13.1. The lowest BCUT2D eigenvalue weighted by atomic mass is 10.4. The standard InChI is InChI=1S/C12H19N4O/c1-6-7-16(4,5)9-11-14-10(8-13)12(17-11)15(2)3/h6H,1,7,9H2,2-5H3/q+1. The number of nitriles is 1. The van der Waals surface area contributed by atoms with E-state index in [1.807, 2.05) is 26.2 Å². The Balaban J connectivity index is 2.94. The highest BCUT2D eigenvalue weighted by molar-refractivity contribution is 5.46. The van der Waals surface area contributed by atoms with Gasteiger partial charge in [-0.25, -0.2) is 0 Å². The second-order valence-electron chi connectivity index (χ2n) is 4.83. The Hall–Kier alpha value is -1.80. The molecule has 0 fully saturated rings. The normalized spacial score (nSPS) is 11.0. The molecule has 1 aromatic heterocycles. The third-order valence-electron chi connectivity index (χ3n) is 2.35. The second kappa shape index (κ2) is 5.02. The van der Waals surface area contributed by atoms with E-state index in [0.29, 0.717) is 28.5 Å². The number of likely N-dealkylation sites (N-methyl/N-ethyl adjacent to an activating group) is 1. The van der Waals surface area contributed by atoms with Crippen molar-refractivity contribution in [2.24, 2.45) is 0 Å². The number of aromatic nitrogens is 1. The molecular formula is C12H19N4O+. The Morgan fingerprint density at radius 2 is 2.18 bits per heavy atom. The molecule has 0 aromatic carbocycles. The van der Waals surface area contributed by atoms with Crippen LogP contribution in [0, 0.1) is 11.3 Å². The number of rotatable bonds is 5. The molecule has 1 heterocycles. The molecule has 0 amide bonds. The minimum Gasteiger partial charge on any atom is -0.418 e. The maximum atomic E-state index is 8.96. The summed E-state index contributed by atoms with van der Waals surface area (Å²) in [6.45, 7) is 5.18. The number of oxazole rings is 1. The molecule has 92 valence electrons. The number of hydrogen-bond donors (Lipinski definition) is 0. The van der Waals surface area contributed by atoms with E-state index in [4.69, 9.17) is 9.68 Å². The fourth-order valence-electron chi connectivity index (χ4n) is 1.58. The van der Waals surface area contributed by atoms with E-state index in [1.165, 1.54) is 0 Å². The highest BCUT2D eigenvalue weighted by atomic mass is 16.4. The van der Waals surface area contributed by atoms with Crippen molar-refractivity contribution in [2.45, 2.75) is 6.54 Å². The molecule has 0 saturated heterocycles. The second-order valence-corrected chi connectivity index (χ2v) is 4.83. The van der Waals surface area contributed by atoms with Crippen LogP contribution in [0.2, 0.25) is 0 Å². The van der Waals surface area contributed by atoms with Crippen molar-refractivity contribution in [3.63, 3.8) is 0 Å². The van der Waals surface area contributed by atoms with Crippen LogP contribution in [-0.2, 0) is 6.54 Å². The zero-order valence-electron chi connectivity index (χ0n) is 10.9. The molecule has 0 aliphatic rings. The van der Waals surface area contributed by atoms with Gasteiger partial charge in [-0.05, 0) is 6.08 Å². The molecule has 0 bridgehead atoms. The van der Waals surface area contributed by atoms with Gasteiger partial charge < -0.3 is 13.8 Å². The first kappa shape index (κ1) is 13.3. The van der Waals surface area contributed by atoms with Gasteiger partial charge in [-0.3, -0.25) is 0 Å². The summed E-state index contributed by atoms with van der Waals surface area (Å²) in [7, 11) is 7.78. The third kappa shape index (κ3) is 3.33. The van der Waals surface area contributed by atoms with E-state index in [9.17, 15) is 0 Å². The topological polar surface area (TPSA) is 53.1 Å². The predicted octanol–water partition coefficient (Wildman–Crippen LogP) is 1.37. The molecule has 0 aliphatic carbocycles. The third-order valence-corrected chi connectivity index (χ3v) is 2.35. The number of quaternary nitrogens is 1. The summed E-state index contributed by atoms with van der Waals surface area (Å²) in [4.78, 5) is 5.95. The molecule has 0 saturated carbocycles. The van der Waals surface area contributed by atoms with Crippen molar-refractivity contribution in [2.75, 3.05) is 39.6 Å². The fourth-order valence-corrected chi connectivity index (χ4v) is 1.58. The molecule has 5 heteroatoms. The van der Waals surface area contributed by atoms with Crippen LogP contribution in [0.15, 0.2) is 17.1 Å². The maximum absolute atomic E-state index is 8.96. The molecule has 0 unspecified atom stereocenters. The quantitative estimate of drug-likeness (QED) is 0.571. The van der Waals surface area contributed by atoms with E-state index in [1.54, 1.807) is 4.90 Å². The molecule has 17 heavy (non-hydrogen) atoms. The Morgan fingerprint density at radius 1 is 1.53 bits per heavy atom. The van der Waals surface area contributed by atoms with Gasteiger partial charge in [0.15, 0.2) is 6.54 Å². The number of nitrogens with zero attached hydrogens (tertiary/aromatic N) is 4. The van der Waals surface area contributed by atoms with Gasteiger partial charge in [-0.1, -0.05) is 6.58 Å². The van der Waals surface area contributed by atoms with Crippen LogP contribution in [-0.4, -0.2) is 44.2 Å². The molecule has 1 aromatic rings. The summed E-state index contributed by atoms with van der Waals surface area (Å²) in [6.07, 6.45) is 1.86. The van der Waals surface area contributed by atoms with Crippen molar-refractivity contribution in [3.8, 4) is 6.07 Å². The Labute approximate surface area is 102 Å². The monoisotopic (exact) mass is 235 g/mol. The first-order chi connectivity index (χ1) is 7.89. The Kier molecular flexibility index (Phi) is 3.92. The largest absolute Gasteiger partial charge is 0.418 e. The van der Waals surface area contributed by atoms with E-state index in [0.717, 1.165) is 6.54 Å². The first-order valence-corrected chi connectivity index (χ1v) is 5.39. The summed E-state index contributed by atoms with van der Waals surface area (Å²) in [6, 6.07) is 2.04. The lowest BCUT2D eigenvalue weighted by molar-refractivity contribution is -0.899. The van der Waals surface area contributed by atoms with Crippen molar-refractivity contribution < 1.29 is 8.90 Å². The lowest BCUT2D eigenvalue weighted by Crippen LogP contribution is -2.38. The van der Waals surface area contributed by atoms with Crippen molar-refractivity contribution >= 4 is 5.88 Å². The zero-order valence-corrected chi connectivity index (χ0v) is 10.9. The van der Waals surface area contributed by atoms with Crippen molar-refractivity contribution in [1.29, 1.82) is 5.26 Å². The first-order valence-electron chi connectivity index (χ1n) is 5.39. The van der Waals surface area contributed by atoms with Crippen LogP contribution in [0.3, 0.4) is 0 Å². The molecular weight excluding hydrogens is 216 g/mol. The van der Waals surface area contributed by atoms with Crippen molar-refractivity contribution in [3.05, 3.63) is 24.2 Å². The van der Waals surface area contributed by atoms with Gasteiger partial charge in [-0.2, -0.15) is 10.2 Å². The minimum absolute atomic E-state index is 0.337. The molecule has 0 radical (unpaired) electrons. The Bertz CT molecular complexity index is 440. The molecule has 0 spiro atoms. The smallest absolute Gasteiger partial charge is 0.253 e. The van der Waals surface area contributed by atoms with Crippen LogP contribution in [0.1, 0.15) is 11.6 Å². The van der Waals surface area contributed by atoms with Crippen LogP contribution >= 0.6 is 0 Å². The lowest BCUT2D eigenvalue weighted by Gasteiger charge is -2.26. The van der Waals surface area contributed by atoms with E-state index in [2.05, 4.69) is 25.7 Å². The fraction of sp³-hybridized carbons (Fsp3) is 0.500. The summed E-state index contributed by atoms with van der Waals surface area (Å²) >= 11 is 0. The highest BCUT2D eigenvalue weighted by Gasteiger charge is 2.21. The Morgan fingerprint density at radius 3 is 2.59 bits per heavy atom. The highest BCUT2D eigenvalue weighted by Crippen LogP contribution is 2.21. The molecule has 5 nitrogen and oxygen atoms in total. The summed E-state index contributed by atoms with van der Waals surface area (Å²) < 4.78 is 6.29. The average molecular weight is 235 g/mol. The average Bonchev–Trinajstić information content (AvgIpc) is 2.59. The van der Waals surface area contributed by atoms with Gasteiger partial charge >= 0.3 is 0 Å². The number of hydrogen-bond acceptors (Lipinski definition) is 4. The van der Waals surface area contributed by atoms with Crippen LogP contribution in [0.5, 0.6) is 0 Å². The molecule has 0 N–H and O–H groups in total. The SMILES string of the molecule is C=CC[N+](C)(C)Cc1nc(C#N)c(N(C)C)o1. The maximum Gasteiger partial charge on any atom is 0.253 e. The molecule has 1 rings (SSSR count). The van der Waals surface area contributed by atoms with Gasteiger partial charge in [0.05, 0.1) is 20.6 Å². The van der Waals surface area contributed by atoms with Gasteiger partial charge in [0.1, 0.15) is 6.07 Å². The van der Waals surface area contributed by atoms with Gasteiger partial charge in [0.25, 0.3) is 5.89 Å². The van der Waals surface area contributed by atoms with Crippen molar-refractivity contribution in [1.82, 2.24) is 4.98 Å². The van der Waals surface area contributed by atoms with E-state index >= 15 is 0 Å². The molecule has 0 aliphatic heterocycles. The summed E-state index contributed by atoms with van der Waals surface area (Å²) in [5, 5.41) is 8.96. The number of anilines is 1. The van der Waals surface area contributed by atoms with E-state index in [-0.39, 0.29) is 0 Å². The van der Waals surface area contributed by atoms with Crippen LogP contribution in [0.25, 0.3) is 0 Å². The molecule has 0 atom stereocenters. The van der Waals surface area contributed by atoms with E-state index < -0.39 is 0 Å². The van der Waals surface area contributed by atoms with Crippen LogP contribution in [0.4, 0.5) is 5.88 Å². The van der Waals surface area contributed by atoms with Gasteiger partial charge in [0, 0.05) is 14.1 Å². The minimum atomic E-state index is 0.337. The van der Waals surface area contributed by atoms with Gasteiger partial charge in [-0.15, -0.1) is 0 Å². The summed E-state index contributed by atoms with van der Waals surface area (Å²) in [5.41, 5.74) is 0.337. The predicted molar refractivity (Wildman–Crippen MR) is 66.4 cm³/mol. The van der Waals surface area contributed by atoms with Crippen LogP contribution < -0.4 is 4.90 Å².